The van der Waals surface area contributed by atoms with Crippen LogP contribution in [0, 0.1) is 0 Å². The van der Waals surface area contributed by atoms with E-state index in [0.717, 1.165) is 6.26 Å². The maximum absolute atomic E-state index is 12.8. The molecule has 0 unspecified atom stereocenters. The van der Waals surface area contributed by atoms with Crippen molar-refractivity contribution in [1.82, 2.24) is 15.0 Å². The van der Waals surface area contributed by atoms with Crippen molar-refractivity contribution in [2.75, 3.05) is 12.0 Å². The van der Waals surface area contributed by atoms with E-state index in [2.05, 4.69) is 9.97 Å². The number of benzene rings is 2. The van der Waals surface area contributed by atoms with E-state index in [-0.39, 0.29) is 28.5 Å². The second-order valence-corrected chi connectivity index (χ2v) is 10.4. The first-order valence-electron chi connectivity index (χ1n) is 8.89. The van der Waals surface area contributed by atoms with Gasteiger partial charge in [-0.2, -0.15) is 8.42 Å². The molecule has 2 aromatic carbocycles. The Kier molecular flexibility index (Phi) is 6.53. The van der Waals surface area contributed by atoms with Gasteiger partial charge in [0.15, 0.2) is 9.84 Å². The van der Waals surface area contributed by atoms with E-state index >= 15 is 0 Å². The lowest BCUT2D eigenvalue weighted by Gasteiger charge is -2.23. The van der Waals surface area contributed by atoms with Crippen LogP contribution >= 0.6 is 0 Å². The van der Waals surface area contributed by atoms with E-state index in [1.165, 1.54) is 30.5 Å². The number of amides is 1. The highest BCUT2D eigenvalue weighted by atomic mass is 32.2. The fourth-order valence-corrected chi connectivity index (χ4v) is 4.90. The highest BCUT2D eigenvalue weighted by Crippen LogP contribution is 2.25. The lowest BCUT2D eigenvalue weighted by molar-refractivity contribution is -0.158. The summed E-state index contributed by atoms with van der Waals surface area (Å²) in [6.45, 7) is 0. The van der Waals surface area contributed by atoms with E-state index < -0.39 is 37.5 Å². The lowest BCUT2D eigenvalue weighted by Crippen LogP contribution is -2.30. The van der Waals surface area contributed by atoms with Crippen molar-refractivity contribution in [2.24, 2.45) is 0 Å². The highest BCUT2D eigenvalue weighted by molar-refractivity contribution is 7.90. The average Bonchev–Trinajstić information content (AvgIpc) is 2.70. The molecule has 164 valence electrons. The van der Waals surface area contributed by atoms with Gasteiger partial charge in [-0.25, -0.2) is 18.5 Å². The third kappa shape index (κ3) is 6.20. The van der Waals surface area contributed by atoms with E-state index in [9.17, 15) is 26.8 Å². The standard InChI is InChI=1S/C19H19N3O7S2/c1-30(25,26)29-16-8-6-14(7-9-16)19(22(24)13-23)12-31(27,28)11-15-10-20-17-4-2-3-5-18(17)21-15/h2-10,13,19,24H,11-12H2,1H3/t19-/m1/s1. The monoisotopic (exact) mass is 465 g/mol. The zero-order chi connectivity index (χ0) is 22.6. The molecule has 1 N–H and O–H groups in total. The van der Waals surface area contributed by atoms with Gasteiger partial charge in [-0.05, 0) is 29.8 Å². The van der Waals surface area contributed by atoms with Crippen LogP contribution in [0.3, 0.4) is 0 Å². The molecule has 3 rings (SSSR count). The number of sulfone groups is 1. The second kappa shape index (κ2) is 8.96. The number of carbonyl (C=O) groups excluding carboxylic acids is 1. The molecule has 0 fully saturated rings. The number of para-hydroxylation sites is 2. The van der Waals surface area contributed by atoms with Crippen molar-refractivity contribution in [2.45, 2.75) is 11.8 Å². The van der Waals surface area contributed by atoms with E-state index in [1.54, 1.807) is 24.3 Å². The minimum absolute atomic E-state index is 0.00916. The molecule has 0 radical (unpaired) electrons. The van der Waals surface area contributed by atoms with Gasteiger partial charge in [-0.15, -0.1) is 0 Å². The van der Waals surface area contributed by atoms with Crippen LogP contribution < -0.4 is 4.18 Å². The van der Waals surface area contributed by atoms with Crippen molar-refractivity contribution < 1.29 is 31.0 Å². The molecule has 0 aliphatic heterocycles. The summed E-state index contributed by atoms with van der Waals surface area (Å²) >= 11 is 0. The van der Waals surface area contributed by atoms with Crippen molar-refractivity contribution in [3.63, 3.8) is 0 Å². The van der Waals surface area contributed by atoms with Crippen LogP contribution in [0.5, 0.6) is 5.75 Å². The van der Waals surface area contributed by atoms with Crippen LogP contribution in [0.4, 0.5) is 0 Å². The van der Waals surface area contributed by atoms with Crippen molar-refractivity contribution in [3.8, 4) is 5.75 Å². The largest absolute Gasteiger partial charge is 0.383 e. The van der Waals surface area contributed by atoms with Gasteiger partial charge < -0.3 is 4.18 Å². The number of carbonyl (C=O) groups is 1. The summed E-state index contributed by atoms with van der Waals surface area (Å²) in [5.74, 6) is -1.03. The minimum atomic E-state index is -3.83. The molecular weight excluding hydrogens is 446 g/mol. The Balaban J connectivity index is 1.82. The zero-order valence-electron chi connectivity index (χ0n) is 16.3. The predicted molar refractivity (Wildman–Crippen MR) is 111 cm³/mol. The fraction of sp³-hybridized carbons (Fsp3) is 0.211. The Morgan fingerprint density at radius 3 is 2.32 bits per heavy atom. The lowest BCUT2D eigenvalue weighted by atomic mass is 10.1. The molecule has 1 aromatic heterocycles. The summed E-state index contributed by atoms with van der Waals surface area (Å²) < 4.78 is 52.7. The number of nitrogens with zero attached hydrogens (tertiary/aromatic N) is 3. The second-order valence-electron chi connectivity index (χ2n) is 6.76. The smallest absolute Gasteiger partial charge is 0.306 e. The Morgan fingerprint density at radius 2 is 1.71 bits per heavy atom. The Bertz CT molecular complexity index is 1290. The van der Waals surface area contributed by atoms with Gasteiger partial charge in [0.2, 0.25) is 6.41 Å². The van der Waals surface area contributed by atoms with Crippen molar-refractivity contribution >= 4 is 37.4 Å². The fourth-order valence-electron chi connectivity index (χ4n) is 2.91. The van der Waals surface area contributed by atoms with E-state index in [0.29, 0.717) is 11.0 Å². The van der Waals surface area contributed by atoms with Crippen LogP contribution in [0.15, 0.2) is 54.7 Å². The molecule has 1 amide bonds. The number of hydrogen-bond acceptors (Lipinski definition) is 9. The molecule has 0 saturated heterocycles. The van der Waals surface area contributed by atoms with Gasteiger partial charge in [0.25, 0.3) is 0 Å². The third-order valence-electron chi connectivity index (χ3n) is 4.22. The Labute approximate surface area is 179 Å². The Hall–Kier alpha value is -3.09. The molecule has 10 nitrogen and oxygen atoms in total. The topological polar surface area (TPSA) is 144 Å². The first-order valence-corrected chi connectivity index (χ1v) is 12.5. The van der Waals surface area contributed by atoms with Gasteiger partial charge in [-0.3, -0.25) is 15.0 Å². The molecule has 12 heteroatoms. The summed E-state index contributed by atoms with van der Waals surface area (Å²) in [6, 6.07) is 11.1. The van der Waals surface area contributed by atoms with E-state index in [1.807, 2.05) is 0 Å². The van der Waals surface area contributed by atoms with Crippen molar-refractivity contribution in [3.05, 3.63) is 66.0 Å². The molecule has 3 aromatic rings. The first kappa shape index (κ1) is 22.6. The van der Waals surface area contributed by atoms with Crippen LogP contribution in [0.25, 0.3) is 11.0 Å². The number of rotatable bonds is 9. The van der Waals surface area contributed by atoms with E-state index in [4.69, 9.17) is 4.18 Å². The normalized spacial score (nSPS) is 13.0. The van der Waals surface area contributed by atoms with Crippen LogP contribution in [0.2, 0.25) is 0 Å². The molecule has 0 aliphatic rings. The van der Waals surface area contributed by atoms with Gasteiger partial charge in [-0.1, -0.05) is 24.3 Å². The van der Waals surface area contributed by atoms with Gasteiger partial charge >= 0.3 is 10.1 Å². The summed E-state index contributed by atoms with van der Waals surface area (Å²) in [5, 5.41) is 10.2. The number of hydrogen-bond donors (Lipinski definition) is 1. The zero-order valence-corrected chi connectivity index (χ0v) is 18.0. The van der Waals surface area contributed by atoms with Crippen LogP contribution in [-0.2, 0) is 30.5 Å². The predicted octanol–water partition coefficient (Wildman–Crippen LogP) is 1.47. The van der Waals surface area contributed by atoms with Gasteiger partial charge in [0.05, 0.1) is 46.7 Å². The highest BCUT2D eigenvalue weighted by Gasteiger charge is 2.26. The number of aromatic nitrogens is 2. The summed E-state index contributed by atoms with van der Waals surface area (Å²) in [5.41, 5.74) is 1.67. The molecule has 0 saturated carbocycles. The van der Waals surface area contributed by atoms with Gasteiger partial charge in [0, 0.05) is 0 Å². The third-order valence-corrected chi connectivity index (χ3v) is 6.27. The van der Waals surface area contributed by atoms with Gasteiger partial charge in [0.1, 0.15) is 5.75 Å². The quantitative estimate of drug-likeness (QED) is 0.215. The summed E-state index contributed by atoms with van der Waals surface area (Å²) in [6.07, 6.45) is 2.34. The van der Waals surface area contributed by atoms with Crippen LogP contribution in [0.1, 0.15) is 17.3 Å². The van der Waals surface area contributed by atoms with Crippen molar-refractivity contribution in [1.29, 1.82) is 0 Å². The van der Waals surface area contributed by atoms with Crippen LogP contribution in [-0.4, -0.2) is 55.5 Å². The SMILES string of the molecule is CS(=O)(=O)Oc1ccc([C@@H](CS(=O)(=O)Cc2cnc3ccccc3n2)N(O)C=O)cc1. The number of fused-ring (bicyclic) bond motifs is 1. The molecule has 0 spiro atoms. The molecule has 1 atom stereocenters. The molecule has 31 heavy (non-hydrogen) atoms. The first-order chi connectivity index (χ1) is 14.6. The molecule has 0 aliphatic carbocycles. The molecule has 0 bridgehead atoms. The summed E-state index contributed by atoms with van der Waals surface area (Å²) in [7, 11) is -7.57. The molecular formula is C19H19N3O7S2. The summed E-state index contributed by atoms with van der Waals surface area (Å²) in [4.78, 5) is 19.6. The maximum atomic E-state index is 12.8. The Morgan fingerprint density at radius 1 is 1.06 bits per heavy atom. The average molecular weight is 466 g/mol. The number of hydroxylamine groups is 2. The minimum Gasteiger partial charge on any atom is -0.383 e. The molecule has 1 heterocycles. The maximum Gasteiger partial charge on any atom is 0.306 e.